The zero-order valence-electron chi connectivity index (χ0n) is 14.6. The topological polar surface area (TPSA) is 44.8 Å². The highest BCUT2D eigenvalue weighted by molar-refractivity contribution is 7.80. The van der Waals surface area contributed by atoms with Gasteiger partial charge in [-0.25, -0.2) is 0 Å². The average Bonchev–Trinajstić information content (AvgIpc) is 2.89. The van der Waals surface area contributed by atoms with Crippen LogP contribution in [0, 0.1) is 0 Å². The first-order valence-electron chi connectivity index (χ1n) is 8.04. The Morgan fingerprint density at radius 2 is 1.74 bits per heavy atom. The van der Waals surface area contributed by atoms with Gasteiger partial charge in [0.2, 0.25) is 0 Å². The standard InChI is InChI=1S/C19H17F2N3O2S/c1-23(2)13-5-3-12(4-6-13)11-16-17(25)24(19(27)22-16)14-7-9-15(10-8-14)26-18(20)21/h3-11,18H,1-2H3,(H,22,27). The quantitative estimate of drug-likeness (QED) is 0.625. The summed E-state index contributed by atoms with van der Waals surface area (Å²) in [6.45, 7) is -2.90. The molecule has 1 aliphatic heterocycles. The minimum atomic E-state index is -2.90. The molecule has 140 valence electrons. The molecule has 1 aliphatic rings. The highest BCUT2D eigenvalue weighted by Gasteiger charge is 2.31. The molecule has 2 aromatic carbocycles. The molecular formula is C19H17F2N3O2S. The molecule has 27 heavy (non-hydrogen) atoms. The summed E-state index contributed by atoms with van der Waals surface area (Å²) in [5.41, 5.74) is 2.70. The summed E-state index contributed by atoms with van der Waals surface area (Å²) >= 11 is 5.25. The van der Waals surface area contributed by atoms with Crippen molar-refractivity contribution >= 4 is 40.7 Å². The first-order chi connectivity index (χ1) is 12.8. The number of thiocarbonyl (C=S) groups is 1. The molecule has 0 bridgehead atoms. The van der Waals surface area contributed by atoms with Crippen molar-refractivity contribution < 1.29 is 18.3 Å². The molecule has 0 aliphatic carbocycles. The van der Waals surface area contributed by atoms with Crippen molar-refractivity contribution in [3.63, 3.8) is 0 Å². The third-order valence-electron chi connectivity index (χ3n) is 3.92. The summed E-state index contributed by atoms with van der Waals surface area (Å²) in [5, 5.41) is 3.11. The molecule has 0 unspecified atom stereocenters. The molecule has 1 N–H and O–H groups in total. The van der Waals surface area contributed by atoms with E-state index in [-0.39, 0.29) is 16.8 Å². The van der Waals surface area contributed by atoms with Crippen molar-refractivity contribution in [2.24, 2.45) is 0 Å². The van der Waals surface area contributed by atoms with Gasteiger partial charge in [-0.05, 0) is 60.3 Å². The van der Waals surface area contributed by atoms with Crippen LogP contribution in [0.15, 0.2) is 54.2 Å². The van der Waals surface area contributed by atoms with E-state index in [2.05, 4.69) is 10.1 Å². The first kappa shape index (κ1) is 18.8. The number of anilines is 2. The van der Waals surface area contributed by atoms with Gasteiger partial charge in [0.1, 0.15) is 11.4 Å². The predicted octanol–water partition coefficient (Wildman–Crippen LogP) is 3.62. The number of rotatable bonds is 5. The summed E-state index contributed by atoms with van der Waals surface area (Å²) in [7, 11) is 3.90. The molecule has 3 rings (SSSR count). The second-order valence-corrected chi connectivity index (χ2v) is 6.37. The smallest absolute Gasteiger partial charge is 0.387 e. The van der Waals surface area contributed by atoms with Gasteiger partial charge in [0.05, 0.1) is 5.69 Å². The van der Waals surface area contributed by atoms with Gasteiger partial charge in [-0.2, -0.15) is 8.78 Å². The predicted molar refractivity (Wildman–Crippen MR) is 105 cm³/mol. The molecule has 0 radical (unpaired) electrons. The van der Waals surface area contributed by atoms with Gasteiger partial charge in [-0.1, -0.05) is 12.1 Å². The van der Waals surface area contributed by atoms with Crippen LogP contribution in [0.3, 0.4) is 0 Å². The molecule has 1 heterocycles. The fraction of sp³-hybridized carbons (Fsp3) is 0.158. The summed E-state index contributed by atoms with van der Waals surface area (Å²) in [6, 6.07) is 13.4. The van der Waals surface area contributed by atoms with E-state index in [1.165, 1.54) is 29.2 Å². The number of ether oxygens (including phenoxy) is 1. The Kier molecular flexibility index (Phi) is 5.36. The average molecular weight is 389 g/mol. The maximum atomic E-state index is 12.7. The van der Waals surface area contributed by atoms with Crippen molar-refractivity contribution in [2.45, 2.75) is 6.61 Å². The first-order valence-corrected chi connectivity index (χ1v) is 8.45. The summed E-state index contributed by atoms with van der Waals surface area (Å²) in [4.78, 5) is 16.0. The SMILES string of the molecule is CN(C)c1ccc(C=C2NC(=S)N(c3ccc(OC(F)F)cc3)C2=O)cc1. The molecule has 5 nitrogen and oxygen atoms in total. The monoisotopic (exact) mass is 389 g/mol. The van der Waals surface area contributed by atoms with Crippen LogP contribution in [0.25, 0.3) is 6.08 Å². The van der Waals surface area contributed by atoms with Crippen molar-refractivity contribution in [3.05, 3.63) is 59.8 Å². The highest BCUT2D eigenvalue weighted by atomic mass is 32.1. The normalized spacial score (nSPS) is 15.4. The lowest BCUT2D eigenvalue weighted by atomic mass is 10.1. The van der Waals surface area contributed by atoms with E-state index in [1.807, 2.05) is 43.3 Å². The molecule has 0 atom stereocenters. The van der Waals surface area contributed by atoms with E-state index < -0.39 is 6.61 Å². The lowest BCUT2D eigenvalue weighted by Crippen LogP contribution is -2.30. The summed E-state index contributed by atoms with van der Waals surface area (Å²) in [5.74, 6) is -0.310. The number of amides is 1. The molecule has 1 fully saturated rings. The van der Waals surface area contributed by atoms with Crippen LogP contribution in [0.4, 0.5) is 20.2 Å². The van der Waals surface area contributed by atoms with Crippen LogP contribution in [-0.4, -0.2) is 31.7 Å². The fourth-order valence-electron chi connectivity index (χ4n) is 2.58. The number of nitrogens with one attached hydrogen (secondary N) is 1. The van der Waals surface area contributed by atoms with Crippen LogP contribution >= 0.6 is 12.2 Å². The minimum absolute atomic E-state index is 0.0102. The Labute approximate surface area is 160 Å². The van der Waals surface area contributed by atoms with E-state index in [1.54, 1.807) is 6.08 Å². The lowest BCUT2D eigenvalue weighted by molar-refractivity contribution is -0.113. The van der Waals surface area contributed by atoms with Crippen LogP contribution < -0.4 is 19.9 Å². The maximum Gasteiger partial charge on any atom is 0.387 e. The number of hydrogen-bond acceptors (Lipinski definition) is 4. The number of nitrogens with zero attached hydrogens (tertiary/aromatic N) is 2. The molecule has 0 aromatic heterocycles. The van der Waals surface area contributed by atoms with E-state index in [4.69, 9.17) is 12.2 Å². The Balaban J connectivity index is 1.80. The van der Waals surface area contributed by atoms with Gasteiger partial charge >= 0.3 is 6.61 Å². The highest BCUT2D eigenvalue weighted by Crippen LogP contribution is 2.25. The Bertz CT molecular complexity index is 881. The Hall–Kier alpha value is -3.00. The molecule has 1 amide bonds. The molecule has 2 aromatic rings. The molecule has 8 heteroatoms. The van der Waals surface area contributed by atoms with Gasteiger partial charge in [0.15, 0.2) is 5.11 Å². The number of carbonyl (C=O) groups excluding carboxylic acids is 1. The number of alkyl halides is 2. The largest absolute Gasteiger partial charge is 0.435 e. The lowest BCUT2D eigenvalue weighted by Gasteiger charge is -2.14. The third-order valence-corrected chi connectivity index (χ3v) is 4.20. The van der Waals surface area contributed by atoms with Gasteiger partial charge in [-0.3, -0.25) is 9.69 Å². The van der Waals surface area contributed by atoms with Gasteiger partial charge in [0, 0.05) is 19.8 Å². The number of carbonyl (C=O) groups is 1. The summed E-state index contributed by atoms with van der Waals surface area (Å²) < 4.78 is 28.8. The van der Waals surface area contributed by atoms with Crippen LogP contribution in [-0.2, 0) is 4.79 Å². The summed E-state index contributed by atoms with van der Waals surface area (Å²) in [6.07, 6.45) is 1.71. The third kappa shape index (κ3) is 4.22. The van der Waals surface area contributed by atoms with Crippen LogP contribution in [0.2, 0.25) is 0 Å². The van der Waals surface area contributed by atoms with Gasteiger partial charge in [-0.15, -0.1) is 0 Å². The molecule has 1 saturated heterocycles. The zero-order chi connectivity index (χ0) is 19.6. The van der Waals surface area contributed by atoms with Crippen molar-refractivity contribution in [1.29, 1.82) is 0 Å². The Morgan fingerprint density at radius 3 is 2.30 bits per heavy atom. The fourth-order valence-corrected chi connectivity index (χ4v) is 2.88. The van der Waals surface area contributed by atoms with Crippen molar-refractivity contribution in [3.8, 4) is 5.75 Å². The van der Waals surface area contributed by atoms with Crippen LogP contribution in [0.5, 0.6) is 5.75 Å². The molecule has 0 saturated carbocycles. The number of benzene rings is 2. The van der Waals surface area contributed by atoms with Gasteiger partial charge < -0.3 is 15.0 Å². The van der Waals surface area contributed by atoms with Gasteiger partial charge in [0.25, 0.3) is 5.91 Å². The maximum absolute atomic E-state index is 12.7. The number of halogens is 2. The molecular weight excluding hydrogens is 372 g/mol. The zero-order valence-corrected chi connectivity index (χ0v) is 15.5. The van der Waals surface area contributed by atoms with E-state index in [0.29, 0.717) is 11.4 Å². The van der Waals surface area contributed by atoms with E-state index >= 15 is 0 Å². The minimum Gasteiger partial charge on any atom is -0.435 e. The van der Waals surface area contributed by atoms with E-state index in [9.17, 15) is 13.6 Å². The molecule has 0 spiro atoms. The second-order valence-electron chi connectivity index (χ2n) is 5.99. The van der Waals surface area contributed by atoms with Crippen molar-refractivity contribution in [2.75, 3.05) is 23.9 Å². The Morgan fingerprint density at radius 1 is 1.11 bits per heavy atom. The number of hydrogen-bond donors (Lipinski definition) is 1. The van der Waals surface area contributed by atoms with Crippen molar-refractivity contribution in [1.82, 2.24) is 5.32 Å². The second kappa shape index (κ2) is 7.71. The van der Waals surface area contributed by atoms with E-state index in [0.717, 1.165) is 11.3 Å². The van der Waals surface area contributed by atoms with Crippen LogP contribution in [0.1, 0.15) is 5.56 Å².